The third kappa shape index (κ3) is 2.11. The molecule has 0 amide bonds. The first-order valence-electron chi connectivity index (χ1n) is 5.29. The Morgan fingerprint density at radius 3 is 2.81 bits per heavy atom. The number of nitrogens with zero attached hydrogens (tertiary/aromatic N) is 5. The van der Waals surface area contributed by atoms with Crippen molar-refractivity contribution >= 4 is 11.9 Å². The van der Waals surface area contributed by atoms with Crippen molar-refractivity contribution in [2.75, 3.05) is 0 Å². The van der Waals surface area contributed by atoms with Crippen molar-refractivity contribution in [3.8, 4) is 0 Å². The quantitative estimate of drug-likeness (QED) is 0.816. The molecule has 0 spiro atoms. The highest BCUT2D eigenvalue weighted by molar-refractivity contribution is 7.97. The SMILES string of the molecule is CCCn1nc(C)c(Sn2cncn2)c1C. The average Bonchev–Trinajstić information content (AvgIpc) is 2.84. The Morgan fingerprint density at radius 2 is 2.19 bits per heavy atom. The maximum Gasteiger partial charge on any atom is 0.138 e. The zero-order valence-electron chi connectivity index (χ0n) is 9.71. The van der Waals surface area contributed by atoms with E-state index < -0.39 is 0 Å². The van der Waals surface area contributed by atoms with Crippen molar-refractivity contribution in [3.63, 3.8) is 0 Å². The van der Waals surface area contributed by atoms with Crippen LogP contribution in [0.15, 0.2) is 17.6 Å². The largest absolute Gasteiger partial charge is 0.268 e. The fourth-order valence-electron chi connectivity index (χ4n) is 1.58. The smallest absolute Gasteiger partial charge is 0.138 e. The molecule has 6 heteroatoms. The molecule has 0 aliphatic carbocycles. The van der Waals surface area contributed by atoms with Gasteiger partial charge in [-0.05, 0) is 20.3 Å². The summed E-state index contributed by atoms with van der Waals surface area (Å²) in [5.74, 6) is 0. The van der Waals surface area contributed by atoms with Crippen molar-refractivity contribution < 1.29 is 0 Å². The number of rotatable bonds is 4. The molecule has 0 saturated heterocycles. The molecular formula is C10H15N5S. The fraction of sp³-hybridized carbons (Fsp3) is 0.500. The van der Waals surface area contributed by atoms with Crippen molar-refractivity contribution in [3.05, 3.63) is 24.0 Å². The molecule has 2 aromatic rings. The summed E-state index contributed by atoms with van der Waals surface area (Å²) in [6.45, 7) is 7.23. The van der Waals surface area contributed by atoms with Crippen molar-refractivity contribution in [1.29, 1.82) is 0 Å². The lowest BCUT2D eigenvalue weighted by atomic mass is 10.4. The monoisotopic (exact) mass is 237 g/mol. The molecule has 0 unspecified atom stereocenters. The zero-order chi connectivity index (χ0) is 11.5. The molecule has 0 fully saturated rings. The molecular weight excluding hydrogens is 222 g/mol. The lowest BCUT2D eigenvalue weighted by Crippen LogP contribution is -2.01. The lowest BCUT2D eigenvalue weighted by molar-refractivity contribution is 0.582. The van der Waals surface area contributed by atoms with Crippen molar-refractivity contribution in [2.45, 2.75) is 38.6 Å². The fourth-order valence-corrected chi connectivity index (χ4v) is 2.37. The predicted octanol–water partition coefficient (Wildman–Crippen LogP) is 2.06. The van der Waals surface area contributed by atoms with Gasteiger partial charge in [-0.2, -0.15) is 9.19 Å². The first-order chi connectivity index (χ1) is 7.72. The number of hydrogen-bond donors (Lipinski definition) is 0. The number of aromatic nitrogens is 5. The summed E-state index contributed by atoms with van der Waals surface area (Å²) < 4.78 is 3.79. The molecule has 5 nitrogen and oxygen atoms in total. The minimum absolute atomic E-state index is 0.963. The van der Waals surface area contributed by atoms with Gasteiger partial charge in [-0.15, -0.1) is 5.10 Å². The normalized spacial score (nSPS) is 10.9. The second-order valence-electron chi connectivity index (χ2n) is 3.61. The van der Waals surface area contributed by atoms with Gasteiger partial charge in [0, 0.05) is 18.5 Å². The molecule has 0 aromatic carbocycles. The third-order valence-corrected chi connectivity index (χ3v) is 3.48. The summed E-state index contributed by atoms with van der Waals surface area (Å²) in [5.41, 5.74) is 2.24. The first kappa shape index (κ1) is 11.2. The Morgan fingerprint density at radius 1 is 1.38 bits per heavy atom. The van der Waals surface area contributed by atoms with Gasteiger partial charge in [0.1, 0.15) is 12.7 Å². The van der Waals surface area contributed by atoms with E-state index in [0.29, 0.717) is 0 Å². The number of hydrogen-bond acceptors (Lipinski definition) is 4. The third-order valence-electron chi connectivity index (χ3n) is 2.33. The van der Waals surface area contributed by atoms with Crippen LogP contribution in [0.5, 0.6) is 0 Å². The second-order valence-corrected chi connectivity index (χ2v) is 4.58. The molecule has 0 atom stereocenters. The van der Waals surface area contributed by atoms with Gasteiger partial charge in [0.25, 0.3) is 0 Å². The summed E-state index contributed by atoms with van der Waals surface area (Å²) in [5, 5.41) is 8.60. The van der Waals surface area contributed by atoms with Gasteiger partial charge in [0.05, 0.1) is 16.3 Å². The van der Waals surface area contributed by atoms with Crippen LogP contribution in [0.4, 0.5) is 0 Å². The van der Waals surface area contributed by atoms with Gasteiger partial charge in [0.2, 0.25) is 0 Å². The van der Waals surface area contributed by atoms with Gasteiger partial charge in [0.15, 0.2) is 0 Å². The van der Waals surface area contributed by atoms with Crippen LogP contribution in [-0.4, -0.2) is 24.0 Å². The number of aryl methyl sites for hydroxylation is 2. The van der Waals surface area contributed by atoms with Crippen LogP contribution in [0.3, 0.4) is 0 Å². The standard InChI is InChI=1S/C10H15N5S/c1-4-5-14-9(3)10(8(2)13-14)16-15-7-11-6-12-15/h6-7H,4-5H2,1-3H3. The molecule has 0 radical (unpaired) electrons. The molecule has 2 aromatic heterocycles. The highest BCUT2D eigenvalue weighted by Gasteiger charge is 2.12. The van der Waals surface area contributed by atoms with E-state index in [1.54, 1.807) is 22.4 Å². The highest BCUT2D eigenvalue weighted by Crippen LogP contribution is 2.26. The van der Waals surface area contributed by atoms with Crippen LogP contribution in [0.2, 0.25) is 0 Å². The van der Waals surface area contributed by atoms with E-state index >= 15 is 0 Å². The highest BCUT2D eigenvalue weighted by atomic mass is 32.2. The van der Waals surface area contributed by atoms with Gasteiger partial charge in [-0.1, -0.05) is 6.92 Å². The van der Waals surface area contributed by atoms with E-state index in [9.17, 15) is 0 Å². The van der Waals surface area contributed by atoms with Crippen LogP contribution < -0.4 is 0 Å². The van der Waals surface area contributed by atoms with E-state index in [2.05, 4.69) is 33.7 Å². The zero-order valence-corrected chi connectivity index (χ0v) is 10.5. The summed E-state index contributed by atoms with van der Waals surface area (Å²) in [6.07, 6.45) is 4.32. The molecule has 0 aliphatic rings. The molecule has 2 rings (SSSR count). The summed E-state index contributed by atoms with van der Waals surface area (Å²) in [4.78, 5) is 5.09. The summed E-state index contributed by atoms with van der Waals surface area (Å²) in [7, 11) is 0. The molecule has 2 heterocycles. The Labute approximate surface area is 99.0 Å². The van der Waals surface area contributed by atoms with E-state index in [4.69, 9.17) is 0 Å². The minimum Gasteiger partial charge on any atom is -0.268 e. The summed E-state index contributed by atoms with van der Waals surface area (Å²) >= 11 is 1.55. The van der Waals surface area contributed by atoms with Crippen LogP contribution in [0, 0.1) is 13.8 Å². The Kier molecular flexibility index (Phi) is 3.28. The topological polar surface area (TPSA) is 48.5 Å². The summed E-state index contributed by atoms with van der Waals surface area (Å²) in [6, 6.07) is 0. The molecule has 0 aliphatic heterocycles. The van der Waals surface area contributed by atoms with Crippen molar-refractivity contribution in [2.24, 2.45) is 0 Å². The van der Waals surface area contributed by atoms with Gasteiger partial charge >= 0.3 is 0 Å². The average molecular weight is 237 g/mol. The maximum atomic E-state index is 4.51. The van der Waals surface area contributed by atoms with Crippen LogP contribution >= 0.6 is 11.9 Å². The second kappa shape index (κ2) is 4.69. The maximum absolute atomic E-state index is 4.51. The lowest BCUT2D eigenvalue weighted by Gasteiger charge is -2.02. The van der Waals surface area contributed by atoms with Crippen LogP contribution in [-0.2, 0) is 6.54 Å². The van der Waals surface area contributed by atoms with E-state index in [0.717, 1.165) is 18.7 Å². The van der Waals surface area contributed by atoms with Gasteiger partial charge in [-0.25, -0.2) is 4.98 Å². The molecule has 86 valence electrons. The molecule has 0 saturated carbocycles. The Hall–Kier alpha value is -1.30. The van der Waals surface area contributed by atoms with Gasteiger partial charge < -0.3 is 0 Å². The minimum atomic E-state index is 0.963. The predicted molar refractivity (Wildman–Crippen MR) is 63.3 cm³/mol. The molecule has 16 heavy (non-hydrogen) atoms. The van der Waals surface area contributed by atoms with E-state index in [-0.39, 0.29) is 0 Å². The van der Waals surface area contributed by atoms with Crippen molar-refractivity contribution in [1.82, 2.24) is 24.0 Å². The van der Waals surface area contributed by atoms with Crippen LogP contribution in [0.25, 0.3) is 0 Å². The molecule has 0 bridgehead atoms. The Bertz CT molecular complexity index is 460. The first-order valence-corrected chi connectivity index (χ1v) is 6.06. The van der Waals surface area contributed by atoms with Gasteiger partial charge in [-0.3, -0.25) is 4.68 Å². The van der Waals surface area contributed by atoms with E-state index in [1.807, 2.05) is 6.92 Å². The molecule has 0 N–H and O–H groups in total. The Balaban J connectivity index is 2.26. The van der Waals surface area contributed by atoms with Crippen LogP contribution in [0.1, 0.15) is 24.7 Å². The van der Waals surface area contributed by atoms with E-state index in [1.165, 1.54) is 16.9 Å².